The number of carbonyl (C=O) groups excluding carboxylic acids is 1. The fraction of sp³-hybridized carbons (Fsp3) is 0.571. The van der Waals surface area contributed by atoms with Gasteiger partial charge in [-0.15, -0.1) is 0 Å². The summed E-state index contributed by atoms with van der Waals surface area (Å²) in [5.74, 6) is 1.17. The van der Waals surface area contributed by atoms with E-state index >= 15 is 0 Å². The highest BCUT2D eigenvalue weighted by molar-refractivity contribution is 5.94. The molecule has 2 N–H and O–H groups in total. The Labute approximate surface area is 213 Å². The normalized spacial score (nSPS) is 17.7. The van der Waals surface area contributed by atoms with Gasteiger partial charge >= 0.3 is 0 Å². The lowest BCUT2D eigenvalue weighted by atomic mass is 9.96. The number of nitrogens with zero attached hydrogens (tertiary/aromatic N) is 5. The number of rotatable bonds is 7. The molecule has 0 radical (unpaired) electrons. The first-order valence-corrected chi connectivity index (χ1v) is 13.5. The van der Waals surface area contributed by atoms with Crippen molar-refractivity contribution in [2.24, 2.45) is 18.9 Å². The Kier molecular flexibility index (Phi) is 7.62. The molecule has 0 unspecified atom stereocenters. The third-order valence-corrected chi connectivity index (χ3v) is 7.52. The first kappa shape index (κ1) is 24.8. The first-order valence-electron chi connectivity index (χ1n) is 13.5. The van der Waals surface area contributed by atoms with Crippen LogP contribution in [-0.2, 0) is 24.8 Å². The number of hydrogen-bond donors (Lipinski definition) is 2. The van der Waals surface area contributed by atoms with Crippen LogP contribution in [0.5, 0.6) is 0 Å². The van der Waals surface area contributed by atoms with Gasteiger partial charge in [0.25, 0.3) is 0 Å². The molecule has 0 atom stereocenters. The number of amides is 1. The van der Waals surface area contributed by atoms with Gasteiger partial charge < -0.3 is 10.6 Å². The van der Waals surface area contributed by atoms with E-state index in [1.807, 2.05) is 24.0 Å². The van der Waals surface area contributed by atoms with Crippen molar-refractivity contribution in [1.82, 2.24) is 30.0 Å². The summed E-state index contributed by atoms with van der Waals surface area (Å²) in [4.78, 5) is 24.9. The fourth-order valence-corrected chi connectivity index (χ4v) is 5.48. The summed E-state index contributed by atoms with van der Waals surface area (Å²) >= 11 is 0. The van der Waals surface area contributed by atoms with Crippen molar-refractivity contribution in [2.75, 3.05) is 31.5 Å². The van der Waals surface area contributed by atoms with Gasteiger partial charge in [0.2, 0.25) is 5.91 Å². The van der Waals surface area contributed by atoms with Gasteiger partial charge in [0.15, 0.2) is 0 Å². The Hall–Kier alpha value is -2.84. The molecular weight excluding hydrogens is 450 g/mol. The van der Waals surface area contributed by atoms with E-state index in [1.54, 1.807) is 6.20 Å². The highest BCUT2D eigenvalue weighted by atomic mass is 16.1. The molecule has 2 fully saturated rings. The lowest BCUT2D eigenvalue weighted by Crippen LogP contribution is -2.34. The second-order valence-corrected chi connectivity index (χ2v) is 10.8. The molecule has 0 bridgehead atoms. The average molecular weight is 490 g/mol. The zero-order valence-corrected chi connectivity index (χ0v) is 21.9. The Morgan fingerprint density at radius 3 is 2.64 bits per heavy atom. The number of aromatic nitrogens is 4. The van der Waals surface area contributed by atoms with E-state index in [9.17, 15) is 4.79 Å². The topological polar surface area (TPSA) is 88.0 Å². The molecule has 3 aromatic heterocycles. The molecule has 1 amide bonds. The molecule has 192 valence electrons. The van der Waals surface area contributed by atoms with Crippen molar-refractivity contribution in [2.45, 2.75) is 58.9 Å². The number of piperidine rings is 2. The van der Waals surface area contributed by atoms with E-state index in [4.69, 9.17) is 4.98 Å². The molecular formula is C28H39N7O. The highest BCUT2D eigenvalue weighted by Crippen LogP contribution is 2.32. The fourth-order valence-electron chi connectivity index (χ4n) is 5.48. The van der Waals surface area contributed by atoms with Crippen LogP contribution < -0.4 is 10.6 Å². The SMILES string of the molecule is CC(C)Cc1nc2cnc(NC(=O)C3CCNCC3)cc2cc1-c1cnn(C)c1CN1CCCCC1. The van der Waals surface area contributed by atoms with Crippen LogP contribution in [0.15, 0.2) is 24.5 Å². The number of anilines is 1. The van der Waals surface area contributed by atoms with Gasteiger partial charge in [-0.25, -0.2) is 4.98 Å². The number of likely N-dealkylation sites (tertiary alicyclic amines) is 1. The molecule has 2 saturated heterocycles. The van der Waals surface area contributed by atoms with Crippen LogP contribution >= 0.6 is 0 Å². The van der Waals surface area contributed by atoms with Crippen molar-refractivity contribution in [1.29, 1.82) is 0 Å². The molecule has 3 aromatic rings. The zero-order chi connectivity index (χ0) is 25.1. The van der Waals surface area contributed by atoms with Gasteiger partial charge in [-0.1, -0.05) is 20.3 Å². The maximum atomic E-state index is 12.8. The van der Waals surface area contributed by atoms with E-state index in [-0.39, 0.29) is 11.8 Å². The van der Waals surface area contributed by atoms with Gasteiger partial charge in [0, 0.05) is 41.7 Å². The van der Waals surface area contributed by atoms with Gasteiger partial charge in [0.1, 0.15) is 5.82 Å². The molecule has 8 heteroatoms. The minimum absolute atomic E-state index is 0.0404. The van der Waals surface area contributed by atoms with Crippen LogP contribution in [0.2, 0.25) is 0 Å². The molecule has 0 aromatic carbocycles. The summed E-state index contributed by atoms with van der Waals surface area (Å²) in [6, 6.07) is 4.18. The summed E-state index contributed by atoms with van der Waals surface area (Å²) in [6.45, 7) is 9.42. The van der Waals surface area contributed by atoms with Crippen molar-refractivity contribution >= 4 is 22.6 Å². The molecule has 8 nitrogen and oxygen atoms in total. The second kappa shape index (κ2) is 11.0. The first-order chi connectivity index (χ1) is 17.5. The summed E-state index contributed by atoms with van der Waals surface area (Å²) < 4.78 is 2.02. The van der Waals surface area contributed by atoms with Crippen molar-refractivity contribution < 1.29 is 4.79 Å². The van der Waals surface area contributed by atoms with Crippen LogP contribution in [0.25, 0.3) is 22.0 Å². The van der Waals surface area contributed by atoms with E-state index < -0.39 is 0 Å². The van der Waals surface area contributed by atoms with Crippen molar-refractivity contribution in [3.63, 3.8) is 0 Å². The molecule has 5 heterocycles. The summed E-state index contributed by atoms with van der Waals surface area (Å²) in [5.41, 5.74) is 5.47. The van der Waals surface area contributed by atoms with E-state index in [1.165, 1.54) is 25.0 Å². The van der Waals surface area contributed by atoms with Crippen LogP contribution in [0.3, 0.4) is 0 Å². The Morgan fingerprint density at radius 1 is 1.11 bits per heavy atom. The number of nitrogens with one attached hydrogen (secondary N) is 2. The lowest BCUT2D eigenvalue weighted by Gasteiger charge is -2.27. The molecule has 2 aliphatic heterocycles. The van der Waals surface area contributed by atoms with Crippen LogP contribution in [0.1, 0.15) is 57.3 Å². The van der Waals surface area contributed by atoms with Crippen LogP contribution in [0, 0.1) is 11.8 Å². The Bertz CT molecular complexity index is 1210. The number of fused-ring (bicyclic) bond motifs is 1. The number of carbonyl (C=O) groups is 1. The molecule has 36 heavy (non-hydrogen) atoms. The smallest absolute Gasteiger partial charge is 0.228 e. The standard InChI is InChI=1S/C28H39N7O/c1-19(2)13-24-22(23-16-31-34(3)26(23)18-35-11-5-4-6-12-35)14-21-15-27(30-17-25(21)32-24)33-28(36)20-7-9-29-10-8-20/h14-17,19-20,29H,4-13,18H2,1-3H3,(H,30,33,36). The summed E-state index contributed by atoms with van der Waals surface area (Å²) in [6.07, 6.45) is 10.3. The Balaban J connectivity index is 1.49. The third kappa shape index (κ3) is 5.60. The minimum atomic E-state index is 0.0404. The van der Waals surface area contributed by atoms with E-state index in [2.05, 4.69) is 45.5 Å². The molecule has 5 rings (SSSR count). The van der Waals surface area contributed by atoms with Crippen LogP contribution in [-0.4, -0.2) is 56.7 Å². The molecule has 0 spiro atoms. The summed E-state index contributed by atoms with van der Waals surface area (Å²) in [5, 5.41) is 12.0. The maximum Gasteiger partial charge on any atom is 0.228 e. The maximum absolute atomic E-state index is 12.8. The predicted molar refractivity (Wildman–Crippen MR) is 144 cm³/mol. The Morgan fingerprint density at radius 2 is 1.89 bits per heavy atom. The van der Waals surface area contributed by atoms with Gasteiger partial charge in [-0.2, -0.15) is 5.10 Å². The minimum Gasteiger partial charge on any atom is -0.317 e. The average Bonchev–Trinajstić information content (AvgIpc) is 3.24. The molecule has 2 aliphatic rings. The van der Waals surface area contributed by atoms with Crippen molar-refractivity contribution in [3.05, 3.63) is 35.9 Å². The van der Waals surface area contributed by atoms with Gasteiger partial charge in [0.05, 0.1) is 23.6 Å². The monoisotopic (exact) mass is 489 g/mol. The largest absolute Gasteiger partial charge is 0.317 e. The van der Waals surface area contributed by atoms with E-state index in [0.717, 1.165) is 79.7 Å². The van der Waals surface area contributed by atoms with Gasteiger partial charge in [-0.3, -0.25) is 19.4 Å². The molecule has 0 aliphatic carbocycles. The van der Waals surface area contributed by atoms with Crippen LogP contribution in [0.4, 0.5) is 5.82 Å². The van der Waals surface area contributed by atoms with E-state index in [0.29, 0.717) is 11.7 Å². The quantitative estimate of drug-likeness (QED) is 0.518. The van der Waals surface area contributed by atoms with Gasteiger partial charge in [-0.05, 0) is 76.3 Å². The second-order valence-electron chi connectivity index (χ2n) is 10.8. The summed E-state index contributed by atoms with van der Waals surface area (Å²) in [7, 11) is 2.04. The lowest BCUT2D eigenvalue weighted by molar-refractivity contribution is -0.120. The number of aryl methyl sites for hydroxylation is 1. The predicted octanol–water partition coefficient (Wildman–Crippen LogP) is 4.15. The third-order valence-electron chi connectivity index (χ3n) is 7.52. The number of pyridine rings is 2. The van der Waals surface area contributed by atoms with Crippen molar-refractivity contribution in [3.8, 4) is 11.1 Å². The zero-order valence-electron chi connectivity index (χ0n) is 21.9. The number of hydrogen-bond acceptors (Lipinski definition) is 6. The molecule has 0 saturated carbocycles. The highest BCUT2D eigenvalue weighted by Gasteiger charge is 2.23.